The van der Waals surface area contributed by atoms with Crippen LogP contribution in [0.1, 0.15) is 38.2 Å². The number of nitrogens with one attached hydrogen (secondary N) is 2. The number of hydrogen-bond donors (Lipinski definition) is 2. The third-order valence-electron chi connectivity index (χ3n) is 6.67. The number of amidine groups is 1. The molecule has 0 aromatic heterocycles. The molecule has 2 aliphatic rings. The Kier molecular flexibility index (Phi) is 9.91. The number of amides is 1. The van der Waals surface area contributed by atoms with Crippen molar-refractivity contribution >= 4 is 57.9 Å². The van der Waals surface area contributed by atoms with Crippen LogP contribution in [-0.2, 0) is 11.2 Å². The van der Waals surface area contributed by atoms with Gasteiger partial charge in [0.15, 0.2) is 0 Å². The lowest BCUT2D eigenvalue weighted by atomic mass is 10.1. The van der Waals surface area contributed by atoms with E-state index in [0.717, 1.165) is 56.4 Å². The second-order valence-corrected chi connectivity index (χ2v) is 10.9. The molecular weight excluding hydrogens is 517 g/mol. The molecule has 2 saturated heterocycles. The summed E-state index contributed by atoms with van der Waals surface area (Å²) in [6.07, 6.45) is 4.61. The fourth-order valence-corrected chi connectivity index (χ4v) is 5.42. The van der Waals surface area contributed by atoms with E-state index in [9.17, 15) is 4.79 Å². The Balaban J connectivity index is 1.42. The van der Waals surface area contributed by atoms with Gasteiger partial charge >= 0.3 is 0 Å². The number of benzene rings is 2. The molecule has 1 atom stereocenters. The van der Waals surface area contributed by atoms with Crippen molar-refractivity contribution in [3.05, 3.63) is 57.0 Å². The van der Waals surface area contributed by atoms with Crippen LogP contribution in [0.4, 0.5) is 11.4 Å². The second kappa shape index (κ2) is 13.1. The van der Waals surface area contributed by atoms with Crippen LogP contribution in [0.25, 0.3) is 0 Å². The Hall–Kier alpha value is -1.83. The van der Waals surface area contributed by atoms with Crippen molar-refractivity contribution in [2.45, 2.75) is 45.1 Å². The first-order valence-corrected chi connectivity index (χ1v) is 13.8. The SMILES string of the molecule is C[C@H]1CN(C(CN2CCCCC2)=Nc2ccc(NC(=O)CCc3ccc(Cl)cc3Cl)c(Cl)c2)CCN1. The predicted octanol–water partition coefficient (Wildman–Crippen LogP) is 6.03. The van der Waals surface area contributed by atoms with Gasteiger partial charge < -0.3 is 15.5 Å². The Morgan fingerprint density at radius 1 is 1.06 bits per heavy atom. The lowest BCUT2D eigenvalue weighted by molar-refractivity contribution is -0.116. The normalized spacial score (nSPS) is 19.4. The minimum Gasteiger partial charge on any atom is -0.356 e. The van der Waals surface area contributed by atoms with Crippen LogP contribution >= 0.6 is 34.8 Å². The average molecular weight is 551 g/mol. The van der Waals surface area contributed by atoms with E-state index in [2.05, 4.69) is 27.4 Å². The van der Waals surface area contributed by atoms with Crippen molar-refractivity contribution in [3.63, 3.8) is 0 Å². The quantitative estimate of drug-likeness (QED) is 0.327. The molecule has 2 aliphatic heterocycles. The van der Waals surface area contributed by atoms with Crippen molar-refractivity contribution in [1.29, 1.82) is 0 Å². The number of carbonyl (C=O) groups excluding carboxylic acids is 1. The lowest BCUT2D eigenvalue weighted by Gasteiger charge is -2.37. The molecule has 194 valence electrons. The fraction of sp³-hybridized carbons (Fsp3) is 0.481. The molecule has 0 aliphatic carbocycles. The van der Waals surface area contributed by atoms with E-state index >= 15 is 0 Å². The number of anilines is 1. The summed E-state index contributed by atoms with van der Waals surface area (Å²) in [5, 5.41) is 8.04. The molecule has 0 radical (unpaired) electrons. The van der Waals surface area contributed by atoms with Gasteiger partial charge in [-0.25, -0.2) is 4.99 Å². The Morgan fingerprint density at radius 2 is 1.86 bits per heavy atom. The van der Waals surface area contributed by atoms with Crippen LogP contribution in [0.2, 0.25) is 15.1 Å². The summed E-state index contributed by atoms with van der Waals surface area (Å²) in [6.45, 7) is 8.12. The third-order valence-corrected chi connectivity index (χ3v) is 7.57. The zero-order chi connectivity index (χ0) is 25.5. The van der Waals surface area contributed by atoms with Gasteiger partial charge in [0.2, 0.25) is 5.91 Å². The summed E-state index contributed by atoms with van der Waals surface area (Å²) in [6, 6.07) is 11.3. The van der Waals surface area contributed by atoms with Gasteiger partial charge in [0.25, 0.3) is 0 Å². The number of likely N-dealkylation sites (tertiary alicyclic amines) is 1. The number of hydrogen-bond acceptors (Lipinski definition) is 4. The molecule has 36 heavy (non-hydrogen) atoms. The molecule has 2 fully saturated rings. The number of rotatable bonds is 7. The zero-order valence-electron chi connectivity index (χ0n) is 20.7. The van der Waals surface area contributed by atoms with Gasteiger partial charge in [0.1, 0.15) is 5.84 Å². The standard InChI is InChI=1S/C27H34Cl3N5O/c1-19-17-35(14-11-31-19)26(18-34-12-3-2-4-13-34)32-22-8-9-25(24(30)16-22)33-27(36)10-6-20-5-7-21(28)15-23(20)29/h5,7-9,15-16,19,31H,2-4,6,10-14,17-18H2,1H3,(H,33,36)/t19-/m0/s1. The minimum absolute atomic E-state index is 0.125. The van der Waals surface area contributed by atoms with Crippen LogP contribution < -0.4 is 10.6 Å². The molecule has 6 nitrogen and oxygen atoms in total. The molecule has 2 aromatic carbocycles. The lowest BCUT2D eigenvalue weighted by Crippen LogP contribution is -2.53. The molecular formula is C27H34Cl3N5O. The maximum Gasteiger partial charge on any atom is 0.224 e. The summed E-state index contributed by atoms with van der Waals surface area (Å²) in [4.78, 5) is 22.5. The van der Waals surface area contributed by atoms with Crippen LogP contribution in [0.15, 0.2) is 41.4 Å². The van der Waals surface area contributed by atoms with Crippen molar-refractivity contribution in [2.24, 2.45) is 4.99 Å². The molecule has 9 heteroatoms. The molecule has 2 N–H and O–H groups in total. The molecule has 4 rings (SSSR count). The fourth-order valence-electron chi connectivity index (χ4n) is 4.70. The van der Waals surface area contributed by atoms with Crippen molar-refractivity contribution in [2.75, 3.05) is 44.6 Å². The number of aliphatic imine (C=N–C) groups is 1. The number of piperazine rings is 1. The average Bonchev–Trinajstić information content (AvgIpc) is 2.85. The molecule has 1 amide bonds. The van der Waals surface area contributed by atoms with Gasteiger partial charge in [-0.15, -0.1) is 0 Å². The molecule has 0 unspecified atom stereocenters. The van der Waals surface area contributed by atoms with Gasteiger partial charge in [-0.2, -0.15) is 0 Å². The smallest absolute Gasteiger partial charge is 0.224 e. The van der Waals surface area contributed by atoms with E-state index in [4.69, 9.17) is 39.8 Å². The van der Waals surface area contributed by atoms with E-state index in [1.165, 1.54) is 19.3 Å². The molecule has 2 heterocycles. The van der Waals surface area contributed by atoms with E-state index in [0.29, 0.717) is 39.6 Å². The first-order valence-electron chi connectivity index (χ1n) is 12.7. The van der Waals surface area contributed by atoms with Crippen LogP contribution in [0.5, 0.6) is 0 Å². The number of aryl methyl sites for hydroxylation is 1. The topological polar surface area (TPSA) is 60.0 Å². The Morgan fingerprint density at radius 3 is 2.58 bits per heavy atom. The van der Waals surface area contributed by atoms with Crippen molar-refractivity contribution in [3.8, 4) is 0 Å². The molecule has 2 aromatic rings. The zero-order valence-corrected chi connectivity index (χ0v) is 23.0. The Bertz CT molecular complexity index is 1090. The van der Waals surface area contributed by atoms with Gasteiger partial charge in [0.05, 0.1) is 22.9 Å². The number of piperidine rings is 1. The highest BCUT2D eigenvalue weighted by Gasteiger charge is 2.22. The molecule has 0 saturated carbocycles. The van der Waals surface area contributed by atoms with E-state index in [-0.39, 0.29) is 5.91 Å². The van der Waals surface area contributed by atoms with Gasteiger partial charge in [0, 0.05) is 42.1 Å². The number of carbonyl (C=O) groups is 1. The number of halogens is 3. The first-order chi connectivity index (χ1) is 17.4. The Labute approximate surface area is 229 Å². The van der Waals surface area contributed by atoms with Crippen molar-refractivity contribution < 1.29 is 4.79 Å². The summed E-state index contributed by atoms with van der Waals surface area (Å²) < 4.78 is 0. The van der Waals surface area contributed by atoms with Gasteiger partial charge in [-0.05, 0) is 75.2 Å². The highest BCUT2D eigenvalue weighted by Crippen LogP contribution is 2.28. The summed E-state index contributed by atoms with van der Waals surface area (Å²) in [5.41, 5.74) is 2.26. The highest BCUT2D eigenvalue weighted by atomic mass is 35.5. The maximum absolute atomic E-state index is 12.6. The maximum atomic E-state index is 12.6. The predicted molar refractivity (Wildman–Crippen MR) is 151 cm³/mol. The summed E-state index contributed by atoms with van der Waals surface area (Å²) in [5.74, 6) is 0.956. The van der Waals surface area contributed by atoms with E-state index in [1.54, 1.807) is 12.1 Å². The highest BCUT2D eigenvalue weighted by molar-refractivity contribution is 6.35. The van der Waals surface area contributed by atoms with Gasteiger partial charge in [-0.3, -0.25) is 9.69 Å². The monoisotopic (exact) mass is 549 g/mol. The van der Waals surface area contributed by atoms with Crippen molar-refractivity contribution in [1.82, 2.24) is 15.1 Å². The van der Waals surface area contributed by atoms with Crippen LogP contribution in [0.3, 0.4) is 0 Å². The largest absolute Gasteiger partial charge is 0.356 e. The third kappa shape index (κ3) is 7.83. The van der Waals surface area contributed by atoms with Crippen LogP contribution in [-0.4, -0.2) is 66.9 Å². The minimum atomic E-state index is -0.125. The van der Waals surface area contributed by atoms with Gasteiger partial charge in [-0.1, -0.05) is 47.3 Å². The first kappa shape index (κ1) is 27.2. The summed E-state index contributed by atoms with van der Waals surface area (Å²) in [7, 11) is 0. The second-order valence-electron chi connectivity index (χ2n) is 9.61. The number of nitrogens with zero attached hydrogens (tertiary/aromatic N) is 3. The molecule has 0 spiro atoms. The van der Waals surface area contributed by atoms with E-state index in [1.807, 2.05) is 24.3 Å². The summed E-state index contributed by atoms with van der Waals surface area (Å²) >= 11 is 18.7. The van der Waals surface area contributed by atoms with Crippen LogP contribution in [0, 0.1) is 0 Å². The molecule has 0 bridgehead atoms. The van der Waals surface area contributed by atoms with E-state index < -0.39 is 0 Å².